The molecule has 0 unspecified atom stereocenters. The van der Waals surface area contributed by atoms with Crippen LogP contribution in [-0.4, -0.2) is 16.2 Å². The maximum Gasteiger partial charge on any atom is 0.137 e. The lowest BCUT2D eigenvalue weighted by Crippen LogP contribution is -2.24. The summed E-state index contributed by atoms with van der Waals surface area (Å²) < 4.78 is 9.24. The molecule has 5 heteroatoms. The Kier molecular flexibility index (Phi) is 9.74. The Morgan fingerprint density at radius 1 is 0.525 bits per heavy atom. The first kappa shape index (κ1) is 38.8. The Balaban J connectivity index is 1.05. The van der Waals surface area contributed by atoms with Gasteiger partial charge in [-0.3, -0.25) is 4.57 Å². The highest BCUT2D eigenvalue weighted by molar-refractivity contribution is 6.09. The Hall–Kier alpha value is -6.33. The van der Waals surface area contributed by atoms with Crippen molar-refractivity contribution < 1.29 is 4.74 Å². The van der Waals surface area contributed by atoms with Crippen LogP contribution in [0, 0.1) is 0 Å². The molecule has 1 saturated carbocycles. The van der Waals surface area contributed by atoms with E-state index in [9.17, 15) is 0 Å². The SMILES string of the molecule is CC(C)(C)c1cc(Oc2ccc3c4ccccc4n(-c4cc(C(C)(C)C)ccn4)c3c2)cc(N2CN(c3cc(-c4ccccc4)cc(C4CCCCC4)c3)c3ccccc32)c1. The van der Waals surface area contributed by atoms with Gasteiger partial charge in [0.2, 0.25) is 0 Å². The zero-order chi connectivity index (χ0) is 41.9. The first-order valence-electron chi connectivity index (χ1n) is 22.2. The van der Waals surface area contributed by atoms with Gasteiger partial charge < -0.3 is 14.5 Å². The average Bonchev–Trinajstić information content (AvgIpc) is 3.82. The summed E-state index contributed by atoms with van der Waals surface area (Å²) in [6.45, 7) is 14.3. The van der Waals surface area contributed by atoms with E-state index in [4.69, 9.17) is 9.72 Å². The lowest BCUT2D eigenvalue weighted by atomic mass is 9.83. The van der Waals surface area contributed by atoms with Crippen LogP contribution in [0.1, 0.15) is 96.3 Å². The summed E-state index contributed by atoms with van der Waals surface area (Å²) in [5, 5.41) is 2.37. The second kappa shape index (κ2) is 15.3. The lowest BCUT2D eigenvalue weighted by Gasteiger charge is -2.28. The van der Waals surface area contributed by atoms with Crippen molar-refractivity contribution in [3.05, 3.63) is 168 Å². The smallest absolute Gasteiger partial charge is 0.137 e. The Bertz CT molecular complexity index is 2890. The molecule has 6 aromatic carbocycles. The topological polar surface area (TPSA) is 33.5 Å². The fourth-order valence-corrected chi connectivity index (χ4v) is 9.55. The zero-order valence-electron chi connectivity index (χ0n) is 36.5. The van der Waals surface area contributed by atoms with Crippen molar-refractivity contribution in [2.75, 3.05) is 16.5 Å². The van der Waals surface area contributed by atoms with E-state index in [1.807, 2.05) is 6.20 Å². The molecule has 1 fully saturated rings. The molecular weight excluding hydrogens is 745 g/mol. The summed E-state index contributed by atoms with van der Waals surface area (Å²) in [6.07, 6.45) is 8.43. The van der Waals surface area contributed by atoms with Crippen LogP contribution in [-0.2, 0) is 10.8 Å². The Morgan fingerprint density at radius 2 is 1.20 bits per heavy atom. The fourth-order valence-electron chi connectivity index (χ4n) is 9.55. The van der Waals surface area contributed by atoms with Gasteiger partial charge in [-0.15, -0.1) is 0 Å². The van der Waals surface area contributed by atoms with Gasteiger partial charge in [0.25, 0.3) is 0 Å². The van der Waals surface area contributed by atoms with E-state index in [2.05, 4.69) is 202 Å². The number of anilines is 4. The van der Waals surface area contributed by atoms with Crippen LogP contribution in [0.15, 0.2) is 152 Å². The van der Waals surface area contributed by atoms with Crippen molar-refractivity contribution in [2.45, 2.75) is 90.4 Å². The van der Waals surface area contributed by atoms with E-state index in [0.717, 1.165) is 34.0 Å². The van der Waals surface area contributed by atoms with E-state index >= 15 is 0 Å². The van der Waals surface area contributed by atoms with Crippen LogP contribution >= 0.6 is 0 Å². The molecule has 306 valence electrons. The molecular formula is C56H56N4O. The van der Waals surface area contributed by atoms with Crippen molar-refractivity contribution in [1.82, 2.24) is 9.55 Å². The monoisotopic (exact) mass is 800 g/mol. The number of nitrogens with zero attached hydrogens (tertiary/aromatic N) is 4. The summed E-state index contributed by atoms with van der Waals surface area (Å²) in [4.78, 5) is 9.88. The van der Waals surface area contributed by atoms with E-state index in [-0.39, 0.29) is 10.8 Å². The van der Waals surface area contributed by atoms with Crippen molar-refractivity contribution in [3.8, 4) is 28.4 Å². The summed E-state index contributed by atoms with van der Waals surface area (Å²) in [5.41, 5.74) is 13.3. The molecule has 0 atom stereocenters. The number of aromatic nitrogens is 2. The Labute approximate surface area is 361 Å². The standard InChI is InChI=1S/C56H56N4O/c1-55(2,3)42-27-28-57-54(34-42)60-50-22-14-13-21-48(50)49-26-25-46(36-53(49)60)61-47-33-43(56(4,5)6)32-45(35-47)59-37-58(51-23-15-16-24-52(51)59)44-30-40(38-17-9-7-10-18-38)29-41(31-44)39-19-11-8-12-20-39/h7,9-10,13-18,21-36,39H,8,11-12,19-20,37H2,1-6H3. The molecule has 5 nitrogen and oxygen atoms in total. The highest BCUT2D eigenvalue weighted by atomic mass is 16.5. The van der Waals surface area contributed by atoms with Gasteiger partial charge in [-0.1, -0.05) is 128 Å². The third-order valence-corrected chi connectivity index (χ3v) is 13.0. The van der Waals surface area contributed by atoms with E-state index in [1.54, 1.807) is 0 Å². The third kappa shape index (κ3) is 7.45. The van der Waals surface area contributed by atoms with Gasteiger partial charge in [-0.25, -0.2) is 4.98 Å². The minimum atomic E-state index is -0.105. The molecule has 10 rings (SSSR count). The highest BCUT2D eigenvalue weighted by Gasteiger charge is 2.31. The second-order valence-corrected chi connectivity index (χ2v) is 19.3. The minimum absolute atomic E-state index is 0.00251. The number of ether oxygens (including phenoxy) is 1. The minimum Gasteiger partial charge on any atom is -0.457 e. The van der Waals surface area contributed by atoms with Gasteiger partial charge >= 0.3 is 0 Å². The summed E-state index contributed by atoms with van der Waals surface area (Å²) in [7, 11) is 0. The van der Waals surface area contributed by atoms with E-state index in [0.29, 0.717) is 12.6 Å². The molecule has 0 bridgehead atoms. The molecule has 0 saturated heterocycles. The van der Waals surface area contributed by atoms with Gasteiger partial charge in [-0.2, -0.15) is 0 Å². The van der Waals surface area contributed by atoms with Gasteiger partial charge in [0.1, 0.15) is 24.0 Å². The summed E-state index contributed by atoms with van der Waals surface area (Å²) >= 11 is 0. The lowest BCUT2D eigenvalue weighted by molar-refractivity contribution is 0.444. The van der Waals surface area contributed by atoms with E-state index in [1.165, 1.54) is 87.8 Å². The number of hydrogen-bond acceptors (Lipinski definition) is 4. The first-order chi connectivity index (χ1) is 29.5. The predicted octanol–water partition coefficient (Wildman–Crippen LogP) is 15.5. The molecule has 61 heavy (non-hydrogen) atoms. The molecule has 1 aliphatic carbocycles. The fraction of sp³-hybridized carbons (Fsp3) is 0.268. The highest BCUT2D eigenvalue weighted by Crippen LogP contribution is 2.48. The molecule has 0 spiro atoms. The van der Waals surface area contributed by atoms with Crippen LogP contribution in [0.3, 0.4) is 0 Å². The molecule has 3 heterocycles. The molecule has 2 aliphatic rings. The van der Waals surface area contributed by atoms with Crippen molar-refractivity contribution in [1.29, 1.82) is 0 Å². The predicted molar refractivity (Wildman–Crippen MR) is 256 cm³/mol. The van der Waals surface area contributed by atoms with Crippen LogP contribution in [0.25, 0.3) is 38.8 Å². The van der Waals surface area contributed by atoms with E-state index < -0.39 is 0 Å². The average molecular weight is 801 g/mol. The number of pyridine rings is 1. The molecule has 2 aromatic heterocycles. The van der Waals surface area contributed by atoms with Gasteiger partial charge in [0.05, 0.1) is 22.4 Å². The molecule has 8 aromatic rings. The molecule has 0 radical (unpaired) electrons. The zero-order valence-corrected chi connectivity index (χ0v) is 36.5. The van der Waals surface area contributed by atoms with Crippen LogP contribution in [0.5, 0.6) is 11.5 Å². The summed E-state index contributed by atoms with van der Waals surface area (Å²) in [6, 6.07) is 53.3. The maximum absolute atomic E-state index is 6.96. The van der Waals surface area contributed by atoms with Crippen molar-refractivity contribution in [2.24, 2.45) is 0 Å². The quantitative estimate of drug-likeness (QED) is 0.161. The van der Waals surface area contributed by atoms with Gasteiger partial charge in [0.15, 0.2) is 0 Å². The Morgan fingerprint density at radius 3 is 1.93 bits per heavy atom. The largest absolute Gasteiger partial charge is 0.457 e. The number of rotatable bonds is 7. The molecule has 0 N–H and O–H groups in total. The molecule has 1 aliphatic heterocycles. The number of hydrogen-bond donors (Lipinski definition) is 0. The molecule has 0 amide bonds. The number of benzene rings is 6. The third-order valence-electron chi connectivity index (χ3n) is 13.0. The van der Waals surface area contributed by atoms with Crippen LogP contribution < -0.4 is 14.5 Å². The van der Waals surface area contributed by atoms with Gasteiger partial charge in [0, 0.05) is 40.5 Å². The van der Waals surface area contributed by atoms with Crippen molar-refractivity contribution >= 4 is 44.6 Å². The van der Waals surface area contributed by atoms with Crippen LogP contribution in [0.4, 0.5) is 22.7 Å². The second-order valence-electron chi connectivity index (χ2n) is 19.3. The number of fused-ring (bicyclic) bond motifs is 4. The number of para-hydroxylation sites is 3. The maximum atomic E-state index is 6.96. The first-order valence-corrected chi connectivity index (χ1v) is 22.2. The summed E-state index contributed by atoms with van der Waals surface area (Å²) in [5.74, 6) is 3.11. The normalized spacial score (nSPS) is 14.9. The van der Waals surface area contributed by atoms with Gasteiger partial charge in [-0.05, 0) is 124 Å². The van der Waals surface area contributed by atoms with Crippen LogP contribution in [0.2, 0.25) is 0 Å². The van der Waals surface area contributed by atoms with Crippen molar-refractivity contribution in [3.63, 3.8) is 0 Å².